The third-order valence-corrected chi connectivity index (χ3v) is 7.11. The fraction of sp³-hybridized carbons (Fsp3) is 0.400. The van der Waals surface area contributed by atoms with Crippen LogP contribution in [-0.2, 0) is 11.2 Å². The minimum Gasteiger partial charge on any atom is -0.379 e. The van der Waals surface area contributed by atoms with Crippen molar-refractivity contribution in [2.24, 2.45) is 0 Å². The highest BCUT2D eigenvalue weighted by atomic mass is 35.5. The van der Waals surface area contributed by atoms with Crippen molar-refractivity contribution in [2.75, 3.05) is 44.3 Å². The number of amides is 1. The topological polar surface area (TPSA) is 45.7 Å². The summed E-state index contributed by atoms with van der Waals surface area (Å²) in [5.74, 6) is -0.0417. The lowest BCUT2D eigenvalue weighted by atomic mass is 10.2. The van der Waals surface area contributed by atoms with Gasteiger partial charge in [-0.15, -0.1) is 11.3 Å². The van der Waals surface area contributed by atoms with Crippen molar-refractivity contribution in [3.63, 3.8) is 0 Å². The van der Waals surface area contributed by atoms with Gasteiger partial charge >= 0.3 is 0 Å². The van der Waals surface area contributed by atoms with Crippen LogP contribution in [0.15, 0.2) is 30.3 Å². The molecule has 0 radical (unpaired) electrons. The Bertz CT molecular complexity index is 965. The molecule has 3 aromatic rings. The van der Waals surface area contributed by atoms with Gasteiger partial charge in [-0.25, -0.2) is 4.98 Å². The van der Waals surface area contributed by atoms with Crippen LogP contribution < -0.4 is 4.90 Å². The molecule has 1 aliphatic rings. The van der Waals surface area contributed by atoms with E-state index >= 15 is 0 Å². The number of thiophene rings is 1. The summed E-state index contributed by atoms with van der Waals surface area (Å²) in [5.41, 5.74) is 2.21. The number of hydrogen-bond acceptors (Lipinski definition) is 6. The van der Waals surface area contributed by atoms with Gasteiger partial charge in [-0.2, -0.15) is 0 Å². The van der Waals surface area contributed by atoms with Gasteiger partial charge in [-0.1, -0.05) is 35.9 Å². The maximum absolute atomic E-state index is 13.2. The number of fused-ring (bicyclic) bond motifs is 1. The van der Waals surface area contributed by atoms with Gasteiger partial charge in [0.05, 0.1) is 32.6 Å². The Balaban J connectivity index is 1.62. The fourth-order valence-electron chi connectivity index (χ4n) is 3.20. The van der Waals surface area contributed by atoms with Gasteiger partial charge in [0.1, 0.15) is 0 Å². The van der Waals surface area contributed by atoms with Crippen molar-refractivity contribution >= 4 is 55.5 Å². The Hall–Kier alpha value is -1.51. The Labute approximate surface area is 177 Å². The van der Waals surface area contributed by atoms with Gasteiger partial charge in [0, 0.05) is 26.2 Å². The minimum atomic E-state index is -0.0417. The van der Waals surface area contributed by atoms with E-state index in [1.54, 1.807) is 28.4 Å². The van der Waals surface area contributed by atoms with E-state index in [-0.39, 0.29) is 5.91 Å². The zero-order valence-electron chi connectivity index (χ0n) is 15.7. The molecule has 4 rings (SSSR count). The second-order valence-corrected chi connectivity index (χ2v) is 9.39. The molecule has 1 aromatic carbocycles. The number of halogens is 1. The second-order valence-electron chi connectivity index (χ2n) is 6.67. The number of aryl methyl sites for hydroxylation is 1. The number of carbonyl (C=O) groups is 1. The van der Waals surface area contributed by atoms with Crippen molar-refractivity contribution in [1.29, 1.82) is 0 Å². The normalized spacial score (nSPS) is 15.2. The van der Waals surface area contributed by atoms with Crippen LogP contribution >= 0.6 is 34.3 Å². The SMILES string of the molecule is CCc1ccc2nc(N(CCN3CCOCC3)C(=O)c3ccc(Cl)s3)sc2c1. The molecule has 0 bridgehead atoms. The van der Waals surface area contributed by atoms with Crippen LogP contribution in [0.3, 0.4) is 0 Å². The lowest BCUT2D eigenvalue weighted by Crippen LogP contribution is -2.43. The van der Waals surface area contributed by atoms with Crippen molar-refractivity contribution in [2.45, 2.75) is 13.3 Å². The zero-order valence-corrected chi connectivity index (χ0v) is 18.1. The number of rotatable bonds is 6. The van der Waals surface area contributed by atoms with E-state index in [4.69, 9.17) is 21.3 Å². The van der Waals surface area contributed by atoms with Crippen LogP contribution in [0.1, 0.15) is 22.2 Å². The maximum Gasteiger partial charge on any atom is 0.270 e. The summed E-state index contributed by atoms with van der Waals surface area (Å²) in [4.78, 5) is 22.8. The summed E-state index contributed by atoms with van der Waals surface area (Å²) in [6, 6.07) is 9.87. The van der Waals surface area contributed by atoms with Gasteiger partial charge < -0.3 is 4.74 Å². The van der Waals surface area contributed by atoms with E-state index in [2.05, 4.69) is 24.0 Å². The monoisotopic (exact) mass is 435 g/mol. The average molecular weight is 436 g/mol. The van der Waals surface area contributed by atoms with Crippen LogP contribution in [-0.4, -0.2) is 55.2 Å². The quantitative estimate of drug-likeness (QED) is 0.569. The Morgan fingerprint density at radius 1 is 1.25 bits per heavy atom. The van der Waals surface area contributed by atoms with Gasteiger partial charge in [0.2, 0.25) is 0 Å². The molecule has 0 unspecified atom stereocenters. The van der Waals surface area contributed by atoms with E-state index in [1.807, 2.05) is 6.07 Å². The van der Waals surface area contributed by atoms with Gasteiger partial charge in [-0.05, 0) is 36.2 Å². The summed E-state index contributed by atoms with van der Waals surface area (Å²) in [6.07, 6.45) is 0.983. The molecule has 3 heterocycles. The molecule has 0 saturated carbocycles. The van der Waals surface area contributed by atoms with E-state index in [1.165, 1.54) is 16.9 Å². The van der Waals surface area contributed by atoms with Gasteiger partial charge in [0.25, 0.3) is 5.91 Å². The number of nitrogens with zero attached hydrogens (tertiary/aromatic N) is 3. The van der Waals surface area contributed by atoms with Gasteiger partial charge in [0.15, 0.2) is 5.13 Å². The van der Waals surface area contributed by atoms with Crippen LogP contribution in [0, 0.1) is 0 Å². The highest BCUT2D eigenvalue weighted by Gasteiger charge is 2.24. The van der Waals surface area contributed by atoms with Crippen LogP contribution in [0.25, 0.3) is 10.2 Å². The molecule has 1 aliphatic heterocycles. The summed E-state index contributed by atoms with van der Waals surface area (Å²) in [5, 5.41) is 0.742. The summed E-state index contributed by atoms with van der Waals surface area (Å²) < 4.78 is 7.16. The molecule has 0 spiro atoms. The number of anilines is 1. The van der Waals surface area contributed by atoms with E-state index < -0.39 is 0 Å². The van der Waals surface area contributed by atoms with E-state index in [9.17, 15) is 4.79 Å². The highest BCUT2D eigenvalue weighted by Crippen LogP contribution is 2.32. The largest absolute Gasteiger partial charge is 0.379 e. The predicted molar refractivity (Wildman–Crippen MR) is 117 cm³/mol. The number of ether oxygens (including phenoxy) is 1. The molecule has 1 fully saturated rings. The number of thiazole rings is 1. The molecule has 2 aromatic heterocycles. The third kappa shape index (κ3) is 4.39. The molecule has 28 heavy (non-hydrogen) atoms. The highest BCUT2D eigenvalue weighted by molar-refractivity contribution is 7.22. The lowest BCUT2D eigenvalue weighted by Gasteiger charge is -2.29. The Morgan fingerprint density at radius 3 is 2.79 bits per heavy atom. The minimum absolute atomic E-state index is 0.0417. The first kappa shape index (κ1) is 19.8. The molecule has 5 nitrogen and oxygen atoms in total. The molecular formula is C20H22ClN3O2S2. The number of carbonyl (C=O) groups excluding carboxylic acids is 1. The van der Waals surface area contributed by atoms with E-state index in [0.717, 1.165) is 54.6 Å². The average Bonchev–Trinajstić information content (AvgIpc) is 3.34. The Morgan fingerprint density at radius 2 is 2.07 bits per heavy atom. The summed E-state index contributed by atoms with van der Waals surface area (Å²) in [6.45, 7) is 6.81. The number of hydrogen-bond donors (Lipinski definition) is 0. The number of benzene rings is 1. The molecule has 0 aliphatic carbocycles. The zero-order chi connectivity index (χ0) is 19.5. The maximum atomic E-state index is 13.2. The predicted octanol–water partition coefficient (Wildman–Crippen LogP) is 4.55. The molecule has 1 saturated heterocycles. The van der Waals surface area contributed by atoms with Crippen LogP contribution in [0.2, 0.25) is 4.34 Å². The molecular weight excluding hydrogens is 414 g/mol. The lowest BCUT2D eigenvalue weighted by molar-refractivity contribution is 0.0391. The molecule has 8 heteroatoms. The molecule has 0 atom stereocenters. The first-order valence-electron chi connectivity index (χ1n) is 9.41. The molecule has 148 valence electrons. The Kier molecular flexibility index (Phi) is 6.28. The fourth-order valence-corrected chi connectivity index (χ4v) is 5.25. The summed E-state index contributed by atoms with van der Waals surface area (Å²) >= 11 is 8.95. The first-order chi connectivity index (χ1) is 13.6. The first-order valence-corrected chi connectivity index (χ1v) is 11.4. The van der Waals surface area contributed by atoms with E-state index in [0.29, 0.717) is 15.8 Å². The standard InChI is InChI=1S/C20H22ClN3O2S2/c1-2-14-3-4-15-17(13-14)28-20(22-15)24(8-7-23-9-11-26-12-10-23)19(25)16-5-6-18(21)27-16/h3-6,13H,2,7-12H2,1H3. The van der Waals surface area contributed by atoms with Crippen molar-refractivity contribution in [3.8, 4) is 0 Å². The smallest absolute Gasteiger partial charge is 0.270 e. The number of morpholine rings is 1. The van der Waals surface area contributed by atoms with Crippen molar-refractivity contribution < 1.29 is 9.53 Å². The number of aromatic nitrogens is 1. The van der Waals surface area contributed by atoms with Crippen molar-refractivity contribution in [3.05, 3.63) is 45.1 Å². The third-order valence-electron chi connectivity index (χ3n) is 4.85. The van der Waals surface area contributed by atoms with Crippen LogP contribution in [0.5, 0.6) is 0 Å². The molecule has 1 amide bonds. The van der Waals surface area contributed by atoms with Crippen molar-refractivity contribution in [1.82, 2.24) is 9.88 Å². The second kappa shape index (κ2) is 8.88. The van der Waals surface area contributed by atoms with Crippen LogP contribution in [0.4, 0.5) is 5.13 Å². The summed E-state index contributed by atoms with van der Waals surface area (Å²) in [7, 11) is 0. The van der Waals surface area contributed by atoms with Gasteiger partial charge in [-0.3, -0.25) is 14.6 Å². The molecule has 0 N–H and O–H groups in total.